The van der Waals surface area contributed by atoms with Gasteiger partial charge in [0.2, 0.25) is 0 Å². The highest BCUT2D eigenvalue weighted by atomic mass is 35.5. The van der Waals surface area contributed by atoms with E-state index >= 15 is 0 Å². The number of benzene rings is 1. The molecule has 0 aliphatic rings. The number of aromatic nitrogens is 2. The molecule has 1 aromatic carbocycles. The summed E-state index contributed by atoms with van der Waals surface area (Å²) in [5.41, 5.74) is 2.72. The van der Waals surface area contributed by atoms with E-state index in [9.17, 15) is 0 Å². The van der Waals surface area contributed by atoms with Crippen LogP contribution in [0.2, 0.25) is 5.02 Å². The van der Waals surface area contributed by atoms with Crippen molar-refractivity contribution in [2.24, 2.45) is 7.05 Å². The Morgan fingerprint density at radius 1 is 1.47 bits per heavy atom. The lowest BCUT2D eigenvalue weighted by atomic mass is 10.1. The van der Waals surface area contributed by atoms with Crippen LogP contribution < -0.4 is 0 Å². The van der Waals surface area contributed by atoms with Crippen LogP contribution in [-0.2, 0) is 13.7 Å². The molecule has 0 aliphatic heterocycles. The van der Waals surface area contributed by atoms with Crippen LogP contribution in [0.5, 0.6) is 0 Å². The number of hydrogen-bond acceptors (Lipinski definition) is 2. The third-order valence-electron chi connectivity index (χ3n) is 2.23. The van der Waals surface area contributed by atoms with Crippen LogP contribution in [0.15, 0.2) is 30.6 Å². The molecule has 15 heavy (non-hydrogen) atoms. The maximum absolute atomic E-state index is 8.95. The van der Waals surface area contributed by atoms with Crippen LogP contribution in [0.4, 0.5) is 0 Å². The maximum atomic E-state index is 8.95. The fraction of sp³-hybridized carbons (Fsp3) is 0.182. The van der Waals surface area contributed by atoms with Crippen LogP contribution >= 0.6 is 11.6 Å². The summed E-state index contributed by atoms with van der Waals surface area (Å²) in [5.74, 6) is 0. The molecule has 0 aliphatic carbocycles. The van der Waals surface area contributed by atoms with E-state index in [0.717, 1.165) is 16.7 Å². The lowest BCUT2D eigenvalue weighted by molar-refractivity contribution is 0.282. The van der Waals surface area contributed by atoms with Crippen molar-refractivity contribution in [1.29, 1.82) is 0 Å². The van der Waals surface area contributed by atoms with E-state index in [1.54, 1.807) is 16.9 Å². The van der Waals surface area contributed by atoms with Gasteiger partial charge in [-0.15, -0.1) is 0 Å². The quantitative estimate of drug-likeness (QED) is 0.846. The fourth-order valence-corrected chi connectivity index (χ4v) is 1.76. The van der Waals surface area contributed by atoms with Gasteiger partial charge in [0.1, 0.15) is 0 Å². The standard InChI is InChI=1S/C11H11ClN2O/c1-14-6-9(5-13-14)10-3-2-8(7-15)4-11(10)12/h2-6,15H,7H2,1H3. The summed E-state index contributed by atoms with van der Waals surface area (Å²) in [5, 5.41) is 13.7. The lowest BCUT2D eigenvalue weighted by Crippen LogP contribution is -1.85. The van der Waals surface area contributed by atoms with Crippen molar-refractivity contribution in [3.63, 3.8) is 0 Å². The molecule has 0 saturated carbocycles. The fourth-order valence-electron chi connectivity index (χ4n) is 1.45. The van der Waals surface area contributed by atoms with E-state index in [1.165, 1.54) is 0 Å². The third kappa shape index (κ3) is 2.03. The first-order valence-electron chi connectivity index (χ1n) is 4.59. The predicted octanol–water partition coefficient (Wildman–Crippen LogP) is 2.23. The number of hydrogen-bond donors (Lipinski definition) is 1. The van der Waals surface area contributed by atoms with Gasteiger partial charge in [-0.25, -0.2) is 0 Å². The van der Waals surface area contributed by atoms with Crippen LogP contribution in [-0.4, -0.2) is 14.9 Å². The molecule has 4 heteroatoms. The third-order valence-corrected chi connectivity index (χ3v) is 2.54. The zero-order valence-corrected chi connectivity index (χ0v) is 9.07. The highest BCUT2D eigenvalue weighted by Crippen LogP contribution is 2.28. The number of aryl methyl sites for hydroxylation is 1. The van der Waals surface area contributed by atoms with Crippen molar-refractivity contribution in [1.82, 2.24) is 9.78 Å². The molecule has 0 amide bonds. The second-order valence-corrected chi connectivity index (χ2v) is 3.78. The van der Waals surface area contributed by atoms with E-state index in [4.69, 9.17) is 16.7 Å². The minimum atomic E-state index is 0.00698. The van der Waals surface area contributed by atoms with Gasteiger partial charge < -0.3 is 5.11 Å². The average Bonchev–Trinajstić information content (AvgIpc) is 2.64. The molecule has 0 radical (unpaired) electrons. The van der Waals surface area contributed by atoms with Gasteiger partial charge in [0, 0.05) is 29.4 Å². The van der Waals surface area contributed by atoms with Crippen LogP contribution in [0.25, 0.3) is 11.1 Å². The molecule has 2 rings (SSSR count). The molecular formula is C11H11ClN2O. The van der Waals surface area contributed by atoms with Gasteiger partial charge in [-0.1, -0.05) is 23.7 Å². The van der Waals surface area contributed by atoms with Crippen molar-refractivity contribution in [3.05, 3.63) is 41.2 Å². The molecule has 1 heterocycles. The van der Waals surface area contributed by atoms with Gasteiger partial charge in [-0.05, 0) is 11.6 Å². The smallest absolute Gasteiger partial charge is 0.0682 e. The van der Waals surface area contributed by atoms with Crippen molar-refractivity contribution in [3.8, 4) is 11.1 Å². The first-order chi connectivity index (χ1) is 7.20. The van der Waals surface area contributed by atoms with E-state index < -0.39 is 0 Å². The minimum Gasteiger partial charge on any atom is -0.392 e. The van der Waals surface area contributed by atoms with Crippen molar-refractivity contribution < 1.29 is 5.11 Å². The van der Waals surface area contributed by atoms with Crippen molar-refractivity contribution in [2.45, 2.75) is 6.61 Å². The summed E-state index contributed by atoms with van der Waals surface area (Å²) in [7, 11) is 1.86. The summed E-state index contributed by atoms with van der Waals surface area (Å²) in [4.78, 5) is 0. The molecule has 0 unspecified atom stereocenters. The Morgan fingerprint density at radius 2 is 2.27 bits per heavy atom. The Labute approximate surface area is 92.9 Å². The van der Waals surface area contributed by atoms with Gasteiger partial charge in [-0.2, -0.15) is 5.10 Å². The number of aliphatic hydroxyl groups is 1. The molecule has 0 fully saturated rings. The Morgan fingerprint density at radius 3 is 2.80 bits per heavy atom. The molecule has 1 N–H and O–H groups in total. The molecule has 1 aromatic heterocycles. The summed E-state index contributed by atoms with van der Waals surface area (Å²) in [6.07, 6.45) is 3.67. The van der Waals surface area contributed by atoms with E-state index in [-0.39, 0.29) is 6.61 Å². The highest BCUT2D eigenvalue weighted by molar-refractivity contribution is 6.33. The van der Waals surface area contributed by atoms with Gasteiger partial charge in [0.15, 0.2) is 0 Å². The summed E-state index contributed by atoms with van der Waals surface area (Å²) < 4.78 is 1.73. The number of aliphatic hydroxyl groups excluding tert-OH is 1. The molecular weight excluding hydrogens is 212 g/mol. The highest BCUT2D eigenvalue weighted by Gasteiger charge is 2.05. The number of halogens is 1. The number of rotatable bonds is 2. The largest absolute Gasteiger partial charge is 0.392 e. The van der Waals surface area contributed by atoms with Crippen molar-refractivity contribution >= 4 is 11.6 Å². The molecule has 0 atom stereocenters. The van der Waals surface area contributed by atoms with Gasteiger partial charge >= 0.3 is 0 Å². The van der Waals surface area contributed by atoms with E-state index in [2.05, 4.69) is 5.10 Å². The monoisotopic (exact) mass is 222 g/mol. The van der Waals surface area contributed by atoms with E-state index in [0.29, 0.717) is 5.02 Å². The summed E-state index contributed by atoms with van der Waals surface area (Å²) >= 11 is 6.10. The molecule has 0 bridgehead atoms. The Bertz CT molecular complexity index is 479. The predicted molar refractivity (Wildman–Crippen MR) is 59.6 cm³/mol. The maximum Gasteiger partial charge on any atom is 0.0682 e. The summed E-state index contributed by atoms with van der Waals surface area (Å²) in [6, 6.07) is 5.52. The molecule has 78 valence electrons. The summed E-state index contributed by atoms with van der Waals surface area (Å²) in [6.45, 7) is 0.00698. The van der Waals surface area contributed by atoms with Gasteiger partial charge in [0.05, 0.1) is 12.8 Å². The normalized spacial score (nSPS) is 10.6. The SMILES string of the molecule is Cn1cc(-c2ccc(CO)cc2Cl)cn1. The second-order valence-electron chi connectivity index (χ2n) is 3.37. The molecule has 0 spiro atoms. The number of nitrogens with zero attached hydrogens (tertiary/aromatic N) is 2. The zero-order chi connectivity index (χ0) is 10.8. The Hall–Kier alpha value is -1.32. The van der Waals surface area contributed by atoms with Crippen LogP contribution in [0.3, 0.4) is 0 Å². The average molecular weight is 223 g/mol. The van der Waals surface area contributed by atoms with Crippen LogP contribution in [0.1, 0.15) is 5.56 Å². The first kappa shape index (κ1) is 10.2. The van der Waals surface area contributed by atoms with Gasteiger partial charge in [0.25, 0.3) is 0 Å². The Kier molecular flexibility index (Phi) is 2.75. The zero-order valence-electron chi connectivity index (χ0n) is 8.31. The van der Waals surface area contributed by atoms with Crippen LogP contribution in [0, 0.1) is 0 Å². The topological polar surface area (TPSA) is 38.0 Å². The molecule has 2 aromatic rings. The Balaban J connectivity index is 2.45. The molecule has 0 saturated heterocycles. The van der Waals surface area contributed by atoms with Gasteiger partial charge in [-0.3, -0.25) is 4.68 Å². The molecule has 3 nitrogen and oxygen atoms in total. The minimum absolute atomic E-state index is 0.00698. The second kappa shape index (κ2) is 4.04. The lowest BCUT2D eigenvalue weighted by Gasteiger charge is -2.03. The van der Waals surface area contributed by atoms with Crippen molar-refractivity contribution in [2.75, 3.05) is 0 Å². The first-order valence-corrected chi connectivity index (χ1v) is 4.97. The van der Waals surface area contributed by atoms with E-state index in [1.807, 2.05) is 25.4 Å².